The molecule has 6 heteroatoms. The molecule has 0 spiro atoms. The lowest BCUT2D eigenvalue weighted by Crippen LogP contribution is -2.30. The number of hydrogen-bond donors (Lipinski definition) is 0. The van der Waals surface area contributed by atoms with E-state index in [-0.39, 0.29) is 5.78 Å². The SMILES string of the molecule is Cc1csc(SCc2ccccc2C(=O)OC2CCCCC2=O)n1. The summed E-state index contributed by atoms with van der Waals surface area (Å²) in [6.07, 6.45) is 2.41. The first-order valence-electron chi connectivity index (χ1n) is 8.00. The Balaban J connectivity index is 1.68. The maximum Gasteiger partial charge on any atom is 0.339 e. The van der Waals surface area contributed by atoms with Gasteiger partial charge in [0, 0.05) is 23.2 Å². The number of carbonyl (C=O) groups is 2. The normalized spacial score (nSPS) is 17.7. The molecule has 0 N–H and O–H groups in total. The molecule has 0 saturated heterocycles. The molecule has 126 valence electrons. The van der Waals surface area contributed by atoms with Crippen LogP contribution in [0.3, 0.4) is 0 Å². The Labute approximate surface area is 149 Å². The molecule has 1 atom stereocenters. The average molecular weight is 361 g/mol. The van der Waals surface area contributed by atoms with Crippen molar-refractivity contribution in [3.63, 3.8) is 0 Å². The monoisotopic (exact) mass is 361 g/mol. The van der Waals surface area contributed by atoms with Crippen molar-refractivity contribution in [2.75, 3.05) is 0 Å². The predicted molar refractivity (Wildman–Crippen MR) is 95.5 cm³/mol. The fraction of sp³-hybridized carbons (Fsp3) is 0.389. The largest absolute Gasteiger partial charge is 0.451 e. The smallest absolute Gasteiger partial charge is 0.339 e. The van der Waals surface area contributed by atoms with Crippen LogP contribution < -0.4 is 0 Å². The van der Waals surface area contributed by atoms with Gasteiger partial charge < -0.3 is 4.74 Å². The second-order valence-electron chi connectivity index (χ2n) is 5.81. The Hall–Kier alpha value is -1.66. The second kappa shape index (κ2) is 7.94. The summed E-state index contributed by atoms with van der Waals surface area (Å²) < 4.78 is 6.46. The second-order valence-corrected chi connectivity index (χ2v) is 7.89. The van der Waals surface area contributed by atoms with Gasteiger partial charge in [0.1, 0.15) is 4.34 Å². The van der Waals surface area contributed by atoms with Crippen molar-refractivity contribution in [2.24, 2.45) is 0 Å². The molecule has 0 amide bonds. The van der Waals surface area contributed by atoms with E-state index in [2.05, 4.69) is 4.98 Å². The highest BCUT2D eigenvalue weighted by molar-refractivity contribution is 8.00. The molecular formula is C18H19NO3S2. The predicted octanol–water partition coefficient (Wildman–Crippen LogP) is 4.41. The van der Waals surface area contributed by atoms with E-state index in [4.69, 9.17) is 4.74 Å². The topological polar surface area (TPSA) is 56.3 Å². The summed E-state index contributed by atoms with van der Waals surface area (Å²) >= 11 is 3.21. The van der Waals surface area contributed by atoms with Crippen LogP contribution in [0.25, 0.3) is 0 Å². The van der Waals surface area contributed by atoms with Gasteiger partial charge in [-0.3, -0.25) is 4.79 Å². The molecule has 0 bridgehead atoms. The minimum absolute atomic E-state index is 0.0414. The molecule has 1 aromatic carbocycles. The molecule has 2 aromatic rings. The van der Waals surface area contributed by atoms with E-state index >= 15 is 0 Å². The number of thiazole rings is 1. The summed E-state index contributed by atoms with van der Waals surface area (Å²) in [7, 11) is 0. The zero-order valence-electron chi connectivity index (χ0n) is 13.5. The van der Waals surface area contributed by atoms with E-state index in [1.807, 2.05) is 30.5 Å². The highest BCUT2D eigenvalue weighted by Crippen LogP contribution is 2.28. The molecule has 1 aliphatic rings. The van der Waals surface area contributed by atoms with Crippen LogP contribution in [-0.2, 0) is 15.3 Å². The Kier molecular flexibility index (Phi) is 5.68. The first-order valence-corrected chi connectivity index (χ1v) is 9.86. The van der Waals surface area contributed by atoms with Gasteiger partial charge in [-0.1, -0.05) is 30.0 Å². The Morgan fingerprint density at radius 3 is 2.96 bits per heavy atom. The van der Waals surface area contributed by atoms with Crippen LogP contribution in [0, 0.1) is 6.92 Å². The zero-order chi connectivity index (χ0) is 16.9. The molecular weight excluding hydrogens is 342 g/mol. The third-order valence-electron chi connectivity index (χ3n) is 3.93. The van der Waals surface area contributed by atoms with Crippen LogP contribution in [0.1, 0.15) is 47.3 Å². The molecule has 3 rings (SSSR count). The molecule has 24 heavy (non-hydrogen) atoms. The number of thioether (sulfide) groups is 1. The minimum atomic E-state index is -0.575. The maximum atomic E-state index is 12.5. The fourth-order valence-corrected chi connectivity index (χ4v) is 4.51. The maximum absolute atomic E-state index is 12.5. The van der Waals surface area contributed by atoms with Gasteiger partial charge in [-0.25, -0.2) is 9.78 Å². The van der Waals surface area contributed by atoms with E-state index in [1.54, 1.807) is 29.2 Å². The van der Waals surface area contributed by atoms with E-state index in [9.17, 15) is 9.59 Å². The van der Waals surface area contributed by atoms with Gasteiger partial charge >= 0.3 is 5.97 Å². The van der Waals surface area contributed by atoms with Crippen molar-refractivity contribution in [2.45, 2.75) is 48.8 Å². The van der Waals surface area contributed by atoms with Crippen molar-refractivity contribution < 1.29 is 14.3 Å². The summed E-state index contributed by atoms with van der Waals surface area (Å²) in [5.74, 6) is 0.290. The molecule has 1 heterocycles. The standard InChI is InChI=1S/C18H19NO3S2/c1-12-10-23-18(19-12)24-11-13-6-2-3-7-14(13)17(21)22-16-9-5-4-8-15(16)20/h2-3,6-7,10,16H,4-5,8-9,11H2,1H3. The average Bonchev–Trinajstić information content (AvgIpc) is 3.01. The van der Waals surface area contributed by atoms with Gasteiger partial charge in [-0.05, 0) is 37.8 Å². The molecule has 1 aliphatic carbocycles. The first-order chi connectivity index (χ1) is 11.6. The summed E-state index contributed by atoms with van der Waals surface area (Å²) in [6.45, 7) is 1.97. The van der Waals surface area contributed by atoms with Crippen molar-refractivity contribution in [1.29, 1.82) is 0 Å². The Bertz CT molecular complexity index is 741. The molecule has 1 fully saturated rings. The van der Waals surface area contributed by atoms with Gasteiger partial charge in [-0.15, -0.1) is 11.3 Å². The quantitative estimate of drug-likeness (QED) is 0.583. The first kappa shape index (κ1) is 17.2. The third-order valence-corrected chi connectivity index (χ3v) is 6.12. The summed E-state index contributed by atoms with van der Waals surface area (Å²) in [6, 6.07) is 7.41. The Morgan fingerprint density at radius 1 is 1.38 bits per heavy atom. The summed E-state index contributed by atoms with van der Waals surface area (Å²) in [5.41, 5.74) is 2.45. The highest BCUT2D eigenvalue weighted by Gasteiger charge is 2.27. The van der Waals surface area contributed by atoms with Gasteiger partial charge in [-0.2, -0.15) is 0 Å². The summed E-state index contributed by atoms with van der Waals surface area (Å²) in [4.78, 5) is 28.8. The number of rotatable bonds is 5. The zero-order valence-corrected chi connectivity index (χ0v) is 15.1. The van der Waals surface area contributed by atoms with Crippen molar-refractivity contribution in [3.8, 4) is 0 Å². The highest BCUT2D eigenvalue weighted by atomic mass is 32.2. The number of ether oxygens (including phenoxy) is 1. The van der Waals surface area contributed by atoms with E-state index in [0.717, 1.165) is 28.4 Å². The molecule has 1 saturated carbocycles. The number of aromatic nitrogens is 1. The van der Waals surface area contributed by atoms with Gasteiger partial charge in [0.05, 0.1) is 5.56 Å². The van der Waals surface area contributed by atoms with Crippen LogP contribution in [0.5, 0.6) is 0 Å². The van der Waals surface area contributed by atoms with Crippen molar-refractivity contribution >= 4 is 34.9 Å². The van der Waals surface area contributed by atoms with E-state index < -0.39 is 12.1 Å². The van der Waals surface area contributed by atoms with Crippen LogP contribution >= 0.6 is 23.1 Å². The molecule has 0 radical (unpaired) electrons. The van der Waals surface area contributed by atoms with Crippen LogP contribution in [0.4, 0.5) is 0 Å². The van der Waals surface area contributed by atoms with Crippen molar-refractivity contribution in [1.82, 2.24) is 4.98 Å². The molecule has 1 unspecified atom stereocenters. The fourth-order valence-electron chi connectivity index (χ4n) is 2.65. The van der Waals surface area contributed by atoms with E-state index in [0.29, 0.717) is 24.2 Å². The Morgan fingerprint density at radius 2 is 2.21 bits per heavy atom. The van der Waals surface area contributed by atoms with Crippen molar-refractivity contribution in [3.05, 3.63) is 46.5 Å². The van der Waals surface area contributed by atoms with E-state index in [1.165, 1.54) is 0 Å². The number of hydrogen-bond acceptors (Lipinski definition) is 6. The van der Waals surface area contributed by atoms with Crippen LogP contribution in [-0.4, -0.2) is 22.8 Å². The van der Waals surface area contributed by atoms with Gasteiger partial charge in [0.2, 0.25) is 0 Å². The number of esters is 1. The molecule has 0 aliphatic heterocycles. The van der Waals surface area contributed by atoms with Gasteiger partial charge in [0.25, 0.3) is 0 Å². The number of carbonyl (C=O) groups excluding carboxylic acids is 2. The lowest BCUT2D eigenvalue weighted by atomic mass is 9.96. The number of benzene rings is 1. The van der Waals surface area contributed by atoms with Gasteiger partial charge in [0.15, 0.2) is 11.9 Å². The third kappa shape index (κ3) is 4.24. The minimum Gasteiger partial charge on any atom is -0.451 e. The number of ketones is 1. The number of nitrogens with zero attached hydrogens (tertiary/aromatic N) is 1. The molecule has 1 aromatic heterocycles. The lowest BCUT2D eigenvalue weighted by Gasteiger charge is -2.21. The number of aryl methyl sites for hydroxylation is 1. The van der Waals surface area contributed by atoms with Crippen LogP contribution in [0.2, 0.25) is 0 Å². The summed E-state index contributed by atoms with van der Waals surface area (Å²) in [5, 5.41) is 2.01. The number of Topliss-reactive ketones (excluding diaryl/α,β-unsaturated/α-hetero) is 1. The molecule has 4 nitrogen and oxygen atoms in total. The van der Waals surface area contributed by atoms with Crippen LogP contribution in [0.15, 0.2) is 34.0 Å². The lowest BCUT2D eigenvalue weighted by molar-refractivity contribution is -0.129.